The molecule has 0 spiro atoms. The Morgan fingerprint density at radius 2 is 2.15 bits per heavy atom. The molecule has 0 aromatic carbocycles. The van der Waals surface area contributed by atoms with E-state index in [0.717, 1.165) is 9.75 Å². The van der Waals surface area contributed by atoms with Crippen LogP contribution in [-0.2, 0) is 21.3 Å². The zero-order chi connectivity index (χ0) is 14.4. The number of nitrogens with one attached hydrogen (secondary N) is 1. The van der Waals surface area contributed by atoms with Crippen molar-refractivity contribution in [2.75, 3.05) is 19.8 Å². The number of thiophene rings is 1. The molecule has 0 saturated carbocycles. The Morgan fingerprint density at radius 3 is 2.85 bits per heavy atom. The third kappa shape index (κ3) is 4.30. The minimum atomic E-state index is -3.27. The Bertz CT molecular complexity index is 593. The summed E-state index contributed by atoms with van der Waals surface area (Å²) >= 11 is 1.48. The second-order valence-corrected chi connectivity index (χ2v) is 7.66. The summed E-state index contributed by atoms with van der Waals surface area (Å²) in [6, 6.07) is 3.77. The van der Waals surface area contributed by atoms with E-state index in [0.29, 0.717) is 39.1 Å². The standard InChI is InChI=1S/C13H18N2O3S2/c14-7-1-2-11-3-4-12(19-11)10-15-20(16,17)13-5-8-18-9-6-13/h3-4,13,15H,5-10,14H2. The Hall–Kier alpha value is -0.910. The summed E-state index contributed by atoms with van der Waals surface area (Å²) < 4.78 is 32.1. The van der Waals surface area contributed by atoms with Gasteiger partial charge in [0.2, 0.25) is 10.0 Å². The fraction of sp³-hybridized carbons (Fsp3) is 0.538. The highest BCUT2D eigenvalue weighted by Gasteiger charge is 2.27. The molecule has 20 heavy (non-hydrogen) atoms. The van der Waals surface area contributed by atoms with Gasteiger partial charge in [-0.05, 0) is 25.0 Å². The molecule has 5 nitrogen and oxygen atoms in total. The van der Waals surface area contributed by atoms with Gasteiger partial charge in [-0.2, -0.15) is 0 Å². The predicted octanol–water partition coefficient (Wildman–Crippen LogP) is 0.657. The van der Waals surface area contributed by atoms with Gasteiger partial charge in [0.25, 0.3) is 0 Å². The van der Waals surface area contributed by atoms with Crippen LogP contribution in [0.15, 0.2) is 12.1 Å². The largest absolute Gasteiger partial charge is 0.381 e. The molecular weight excluding hydrogens is 296 g/mol. The molecule has 0 amide bonds. The summed E-state index contributed by atoms with van der Waals surface area (Å²) in [4.78, 5) is 1.85. The average molecular weight is 314 g/mol. The highest BCUT2D eigenvalue weighted by Crippen LogP contribution is 2.18. The monoisotopic (exact) mass is 314 g/mol. The van der Waals surface area contributed by atoms with Crippen molar-refractivity contribution in [1.29, 1.82) is 0 Å². The van der Waals surface area contributed by atoms with Gasteiger partial charge in [-0.15, -0.1) is 11.3 Å². The van der Waals surface area contributed by atoms with Gasteiger partial charge in [0.1, 0.15) is 0 Å². The van der Waals surface area contributed by atoms with Crippen molar-refractivity contribution in [3.63, 3.8) is 0 Å². The topological polar surface area (TPSA) is 81.4 Å². The van der Waals surface area contributed by atoms with E-state index in [1.165, 1.54) is 11.3 Å². The fourth-order valence-corrected chi connectivity index (χ4v) is 4.27. The molecule has 1 saturated heterocycles. The second kappa shape index (κ2) is 7.20. The van der Waals surface area contributed by atoms with Crippen LogP contribution in [0.25, 0.3) is 0 Å². The van der Waals surface area contributed by atoms with Gasteiger partial charge in [-0.3, -0.25) is 0 Å². The number of hydrogen-bond acceptors (Lipinski definition) is 5. The van der Waals surface area contributed by atoms with E-state index in [-0.39, 0.29) is 5.25 Å². The summed E-state index contributed by atoms with van der Waals surface area (Å²) in [7, 11) is -3.27. The third-order valence-electron chi connectivity index (χ3n) is 3.03. The summed E-state index contributed by atoms with van der Waals surface area (Å²) in [6.45, 7) is 1.67. The summed E-state index contributed by atoms with van der Waals surface area (Å²) in [5.74, 6) is 5.71. The molecule has 3 N–H and O–H groups in total. The van der Waals surface area contributed by atoms with Crippen molar-refractivity contribution in [3.05, 3.63) is 21.9 Å². The average Bonchev–Trinajstić information content (AvgIpc) is 2.92. The molecule has 1 aliphatic rings. The van der Waals surface area contributed by atoms with Gasteiger partial charge in [0.15, 0.2) is 0 Å². The number of hydrogen-bond donors (Lipinski definition) is 2. The molecule has 2 rings (SSSR count). The van der Waals surface area contributed by atoms with E-state index in [2.05, 4.69) is 16.6 Å². The smallest absolute Gasteiger partial charge is 0.214 e. The van der Waals surface area contributed by atoms with E-state index in [4.69, 9.17) is 10.5 Å². The lowest BCUT2D eigenvalue weighted by atomic mass is 10.2. The predicted molar refractivity (Wildman–Crippen MR) is 79.9 cm³/mol. The molecule has 1 aromatic heterocycles. The molecule has 0 bridgehead atoms. The quantitative estimate of drug-likeness (QED) is 0.800. The maximum Gasteiger partial charge on any atom is 0.214 e. The van der Waals surface area contributed by atoms with E-state index < -0.39 is 10.0 Å². The van der Waals surface area contributed by atoms with Gasteiger partial charge in [-0.25, -0.2) is 13.1 Å². The van der Waals surface area contributed by atoms with Crippen LogP contribution in [0.5, 0.6) is 0 Å². The van der Waals surface area contributed by atoms with E-state index in [9.17, 15) is 8.42 Å². The highest BCUT2D eigenvalue weighted by atomic mass is 32.2. The van der Waals surface area contributed by atoms with Crippen LogP contribution in [0.4, 0.5) is 0 Å². The molecule has 1 aliphatic heterocycles. The first-order valence-electron chi connectivity index (χ1n) is 6.45. The zero-order valence-corrected chi connectivity index (χ0v) is 12.7. The molecule has 0 radical (unpaired) electrons. The first kappa shape index (κ1) is 15.5. The lowest BCUT2D eigenvalue weighted by Crippen LogP contribution is -2.37. The van der Waals surface area contributed by atoms with Gasteiger partial charge >= 0.3 is 0 Å². The molecule has 0 aliphatic carbocycles. The van der Waals surface area contributed by atoms with Crippen LogP contribution in [-0.4, -0.2) is 33.4 Å². The Kier molecular flexibility index (Phi) is 5.57. The van der Waals surface area contributed by atoms with Gasteiger partial charge in [0, 0.05) is 24.6 Å². The minimum Gasteiger partial charge on any atom is -0.381 e. The van der Waals surface area contributed by atoms with E-state index in [1.807, 2.05) is 12.1 Å². The number of sulfonamides is 1. The molecule has 110 valence electrons. The first-order valence-corrected chi connectivity index (χ1v) is 8.82. The van der Waals surface area contributed by atoms with Crippen molar-refractivity contribution < 1.29 is 13.2 Å². The van der Waals surface area contributed by atoms with Gasteiger partial charge in [0.05, 0.1) is 16.7 Å². The second-order valence-electron chi connectivity index (χ2n) is 4.45. The SMILES string of the molecule is NCC#Cc1ccc(CNS(=O)(=O)C2CCOCC2)s1. The van der Waals surface area contributed by atoms with E-state index >= 15 is 0 Å². The lowest BCUT2D eigenvalue weighted by molar-refractivity contribution is 0.0981. The molecule has 7 heteroatoms. The molecule has 0 atom stereocenters. The van der Waals surface area contributed by atoms with Crippen LogP contribution in [0.1, 0.15) is 22.6 Å². The molecule has 2 heterocycles. The van der Waals surface area contributed by atoms with Gasteiger partial charge in [-0.1, -0.05) is 11.8 Å². The summed E-state index contributed by atoms with van der Waals surface area (Å²) in [5, 5.41) is -0.340. The fourth-order valence-electron chi connectivity index (χ4n) is 1.95. The van der Waals surface area contributed by atoms with Crippen LogP contribution < -0.4 is 10.5 Å². The summed E-state index contributed by atoms with van der Waals surface area (Å²) in [6.07, 6.45) is 1.12. The van der Waals surface area contributed by atoms with Crippen LogP contribution >= 0.6 is 11.3 Å². The maximum atomic E-state index is 12.1. The molecule has 1 fully saturated rings. The van der Waals surface area contributed by atoms with Crippen LogP contribution in [0.3, 0.4) is 0 Å². The number of nitrogens with two attached hydrogens (primary N) is 1. The normalized spacial score (nSPS) is 16.6. The van der Waals surface area contributed by atoms with E-state index in [1.54, 1.807) is 0 Å². The summed E-state index contributed by atoms with van der Waals surface area (Å²) in [5.41, 5.74) is 5.31. The highest BCUT2D eigenvalue weighted by molar-refractivity contribution is 7.90. The van der Waals surface area contributed by atoms with Crippen molar-refractivity contribution in [2.24, 2.45) is 5.73 Å². The van der Waals surface area contributed by atoms with Crippen LogP contribution in [0.2, 0.25) is 0 Å². The van der Waals surface area contributed by atoms with Crippen LogP contribution in [0, 0.1) is 11.8 Å². The number of ether oxygens (including phenoxy) is 1. The number of rotatable bonds is 4. The zero-order valence-electron chi connectivity index (χ0n) is 11.1. The minimum absolute atomic E-state index is 0.314. The van der Waals surface area contributed by atoms with Crippen molar-refractivity contribution in [3.8, 4) is 11.8 Å². The molecule has 0 unspecified atom stereocenters. The van der Waals surface area contributed by atoms with Crippen molar-refractivity contribution >= 4 is 21.4 Å². The Balaban J connectivity index is 1.92. The lowest BCUT2D eigenvalue weighted by Gasteiger charge is -2.22. The Morgan fingerprint density at radius 1 is 1.40 bits per heavy atom. The van der Waals surface area contributed by atoms with Gasteiger partial charge < -0.3 is 10.5 Å². The molecular formula is C13H18N2O3S2. The third-order valence-corrected chi connectivity index (χ3v) is 5.93. The Labute approximate surface area is 123 Å². The van der Waals surface area contributed by atoms with Crippen molar-refractivity contribution in [2.45, 2.75) is 24.6 Å². The first-order chi connectivity index (χ1) is 9.62. The molecule has 1 aromatic rings. The maximum absolute atomic E-state index is 12.1. The van der Waals surface area contributed by atoms with Crippen molar-refractivity contribution in [1.82, 2.24) is 4.72 Å².